The third kappa shape index (κ3) is 8.11. The summed E-state index contributed by atoms with van der Waals surface area (Å²) < 4.78 is 8.16. The molecule has 5 aliphatic heterocycles. The number of benzene rings is 3. The Morgan fingerprint density at radius 2 is 1.51 bits per heavy atom. The van der Waals surface area contributed by atoms with Crippen molar-refractivity contribution in [2.24, 2.45) is 0 Å². The molecule has 14 heteroatoms. The Bertz CT molecular complexity index is 2410. The molecule has 4 fully saturated rings. The number of anilines is 1. The number of carbonyl (C=O) groups excluding carboxylic acids is 3. The van der Waals surface area contributed by atoms with Gasteiger partial charge in [0.15, 0.2) is 5.65 Å². The minimum absolute atomic E-state index is 0.109. The van der Waals surface area contributed by atoms with Crippen molar-refractivity contribution >= 4 is 34.6 Å². The van der Waals surface area contributed by atoms with Gasteiger partial charge < -0.3 is 25.2 Å². The molecular formula is C47H54N10O4. The van der Waals surface area contributed by atoms with E-state index < -0.39 is 6.04 Å². The molecule has 5 aliphatic rings. The van der Waals surface area contributed by atoms with Gasteiger partial charge in [0.2, 0.25) is 11.8 Å². The van der Waals surface area contributed by atoms with E-state index >= 15 is 0 Å². The molecule has 3 N–H and O–H groups in total. The lowest BCUT2D eigenvalue weighted by molar-refractivity contribution is -0.136. The van der Waals surface area contributed by atoms with Gasteiger partial charge in [-0.3, -0.25) is 24.6 Å². The van der Waals surface area contributed by atoms with Gasteiger partial charge in [-0.2, -0.15) is 5.10 Å². The number of hydrogen-bond acceptors (Lipinski definition) is 11. The van der Waals surface area contributed by atoms with Crippen molar-refractivity contribution in [1.82, 2.24) is 44.7 Å². The summed E-state index contributed by atoms with van der Waals surface area (Å²) in [5, 5.41) is 8.40. The molecule has 7 heterocycles. The van der Waals surface area contributed by atoms with Gasteiger partial charge in [0, 0.05) is 49.8 Å². The summed E-state index contributed by atoms with van der Waals surface area (Å²) in [6, 6.07) is 24.2. The summed E-state index contributed by atoms with van der Waals surface area (Å²) in [6.07, 6.45) is 8.92. The van der Waals surface area contributed by atoms with Crippen LogP contribution >= 0.6 is 0 Å². The Morgan fingerprint density at radius 1 is 0.770 bits per heavy atom. The second-order valence-corrected chi connectivity index (χ2v) is 17.5. The summed E-state index contributed by atoms with van der Waals surface area (Å²) in [4.78, 5) is 56.0. The molecule has 61 heavy (non-hydrogen) atoms. The zero-order chi connectivity index (χ0) is 41.5. The molecule has 2 atom stereocenters. The largest absolute Gasteiger partial charge is 0.457 e. The summed E-state index contributed by atoms with van der Waals surface area (Å²) >= 11 is 0. The van der Waals surface area contributed by atoms with Crippen molar-refractivity contribution in [1.29, 1.82) is 0 Å². The van der Waals surface area contributed by atoms with Crippen LogP contribution in [-0.2, 0) is 16.1 Å². The van der Waals surface area contributed by atoms with Crippen LogP contribution < -0.4 is 15.8 Å². The Morgan fingerprint density at radius 3 is 2.26 bits per heavy atom. The van der Waals surface area contributed by atoms with Gasteiger partial charge >= 0.3 is 0 Å². The van der Waals surface area contributed by atoms with Crippen LogP contribution in [0.2, 0.25) is 0 Å². The highest BCUT2D eigenvalue weighted by Crippen LogP contribution is 2.37. The van der Waals surface area contributed by atoms with E-state index in [0.717, 1.165) is 117 Å². The first-order valence-corrected chi connectivity index (χ1v) is 22.1. The molecule has 4 saturated heterocycles. The van der Waals surface area contributed by atoms with Crippen LogP contribution in [0.15, 0.2) is 79.1 Å². The third-order valence-corrected chi connectivity index (χ3v) is 13.8. The first-order chi connectivity index (χ1) is 29.8. The van der Waals surface area contributed by atoms with Crippen molar-refractivity contribution < 1.29 is 19.1 Å². The molecule has 14 nitrogen and oxygen atoms in total. The van der Waals surface area contributed by atoms with E-state index in [9.17, 15) is 14.4 Å². The SMILES string of the molecule is Nc1ncnc2c1c(-c1ccc(Oc3ccccc3)cc1)nn2C1CCCN(C2CCN(CCN3CCC(c4ccc5c(c4)CN(C4CCC(=O)NC4=O)C5=O)CC3)CC2)C1. The number of nitrogens with zero attached hydrogens (tertiary/aromatic N) is 8. The molecule has 2 aromatic heterocycles. The Hall–Kier alpha value is -5.70. The Kier molecular flexibility index (Phi) is 11.0. The average molecular weight is 823 g/mol. The van der Waals surface area contributed by atoms with E-state index in [1.54, 1.807) is 11.2 Å². The molecule has 3 amide bonds. The Labute approximate surface area is 356 Å². The first-order valence-electron chi connectivity index (χ1n) is 22.1. The predicted molar refractivity (Wildman–Crippen MR) is 232 cm³/mol. The van der Waals surface area contributed by atoms with Crippen molar-refractivity contribution in [3.8, 4) is 22.8 Å². The number of amides is 3. The lowest BCUT2D eigenvalue weighted by atomic mass is 9.88. The molecule has 316 valence electrons. The number of nitrogen functional groups attached to an aromatic ring is 1. The van der Waals surface area contributed by atoms with Crippen LogP contribution in [0.25, 0.3) is 22.3 Å². The smallest absolute Gasteiger partial charge is 0.255 e. The van der Waals surface area contributed by atoms with Crippen LogP contribution in [-0.4, -0.2) is 122 Å². The monoisotopic (exact) mass is 822 g/mol. The van der Waals surface area contributed by atoms with E-state index in [-0.39, 0.29) is 30.2 Å². The van der Waals surface area contributed by atoms with Gasteiger partial charge in [-0.05, 0) is 137 Å². The highest BCUT2D eigenvalue weighted by Gasteiger charge is 2.39. The number of nitrogens with two attached hydrogens (primary N) is 1. The molecule has 3 aromatic carbocycles. The van der Waals surface area contributed by atoms with Crippen molar-refractivity contribution in [2.75, 3.05) is 58.1 Å². The number of rotatable bonds is 10. The van der Waals surface area contributed by atoms with E-state index in [1.165, 1.54) is 18.4 Å². The van der Waals surface area contributed by atoms with Gasteiger partial charge in [0.25, 0.3) is 5.91 Å². The van der Waals surface area contributed by atoms with Crippen molar-refractivity contribution in [2.45, 2.75) is 82.0 Å². The van der Waals surface area contributed by atoms with E-state index in [0.29, 0.717) is 36.3 Å². The average Bonchev–Trinajstić information content (AvgIpc) is 3.85. The number of para-hydroxylation sites is 1. The molecule has 0 spiro atoms. The van der Waals surface area contributed by atoms with Crippen LogP contribution in [0.3, 0.4) is 0 Å². The molecule has 2 unspecified atom stereocenters. The summed E-state index contributed by atoms with van der Waals surface area (Å²) in [7, 11) is 0. The van der Waals surface area contributed by atoms with Crippen LogP contribution in [0.4, 0.5) is 5.82 Å². The topological polar surface area (TPSA) is 155 Å². The zero-order valence-electron chi connectivity index (χ0n) is 34.6. The van der Waals surface area contributed by atoms with Gasteiger partial charge in [0.1, 0.15) is 35.4 Å². The molecule has 5 aromatic rings. The standard InChI is InChI=1S/C47H54N10O4/c48-44-42-43(32-8-11-38(12-9-32)61-37-6-2-1-3-7-37)52-57(45(42)50-30-49-44)36-5-4-20-55(29-36)35-18-23-54(24-19-35)26-25-53-21-16-31(17-22-53)33-10-13-39-34(27-33)28-56(47(39)60)40-14-15-41(58)51-46(40)59/h1-3,6-13,27,30-31,35-36,40H,4-5,14-26,28-29H2,(H2,48,49,50)(H,51,58,59). The van der Waals surface area contributed by atoms with Crippen LogP contribution in [0.5, 0.6) is 11.5 Å². The number of aromatic nitrogens is 4. The van der Waals surface area contributed by atoms with Gasteiger partial charge in [-0.15, -0.1) is 0 Å². The van der Waals surface area contributed by atoms with Crippen molar-refractivity contribution in [3.05, 3.63) is 95.8 Å². The van der Waals surface area contributed by atoms with Gasteiger partial charge in [-0.25, -0.2) is 14.6 Å². The quantitative estimate of drug-likeness (QED) is 0.169. The normalized spacial score (nSPS) is 22.5. The zero-order valence-corrected chi connectivity index (χ0v) is 34.6. The maximum Gasteiger partial charge on any atom is 0.255 e. The van der Waals surface area contributed by atoms with Crippen LogP contribution in [0, 0.1) is 0 Å². The maximum atomic E-state index is 13.2. The second kappa shape index (κ2) is 17.0. The maximum absolute atomic E-state index is 13.2. The fraction of sp³-hybridized carbons (Fsp3) is 0.447. The molecule has 10 rings (SSSR count). The minimum atomic E-state index is -0.579. The Balaban J connectivity index is 0.705. The highest BCUT2D eigenvalue weighted by molar-refractivity contribution is 6.05. The number of ether oxygens (including phenoxy) is 1. The number of hydrogen-bond donors (Lipinski definition) is 2. The van der Waals surface area contributed by atoms with Gasteiger partial charge in [0.05, 0.1) is 11.4 Å². The fourth-order valence-electron chi connectivity index (χ4n) is 10.4. The van der Waals surface area contributed by atoms with Crippen molar-refractivity contribution in [3.63, 3.8) is 0 Å². The molecule has 0 bridgehead atoms. The number of piperidine rings is 4. The molecule has 0 aliphatic carbocycles. The van der Waals surface area contributed by atoms with E-state index in [4.69, 9.17) is 20.6 Å². The molecular weight excluding hydrogens is 769 g/mol. The number of imide groups is 1. The number of nitrogens with one attached hydrogen (secondary N) is 1. The van der Waals surface area contributed by atoms with Gasteiger partial charge in [-0.1, -0.05) is 30.3 Å². The summed E-state index contributed by atoms with van der Waals surface area (Å²) in [5.74, 6) is 1.72. The summed E-state index contributed by atoms with van der Waals surface area (Å²) in [6.45, 7) is 9.06. The first kappa shape index (κ1) is 39.4. The minimum Gasteiger partial charge on any atom is -0.457 e. The van der Waals surface area contributed by atoms with E-state index in [2.05, 4.69) is 41.8 Å². The number of likely N-dealkylation sites (tertiary alicyclic amines) is 3. The molecule has 0 radical (unpaired) electrons. The second-order valence-electron chi connectivity index (χ2n) is 17.5. The highest BCUT2D eigenvalue weighted by atomic mass is 16.5. The molecule has 0 saturated carbocycles. The lowest BCUT2D eigenvalue weighted by Crippen LogP contribution is -2.52. The van der Waals surface area contributed by atoms with Crippen LogP contribution in [0.1, 0.15) is 84.8 Å². The van der Waals surface area contributed by atoms with E-state index in [1.807, 2.05) is 60.7 Å². The number of fused-ring (bicyclic) bond motifs is 2. The summed E-state index contributed by atoms with van der Waals surface area (Å²) in [5.41, 5.74) is 12.0. The lowest BCUT2D eigenvalue weighted by Gasteiger charge is -2.42. The number of carbonyl (C=O) groups is 3. The predicted octanol–water partition coefficient (Wildman–Crippen LogP) is 5.61. The fourth-order valence-corrected chi connectivity index (χ4v) is 10.4. The third-order valence-electron chi connectivity index (χ3n) is 13.8.